The van der Waals surface area contributed by atoms with Crippen LogP contribution in [-0.4, -0.2) is 61.2 Å². The van der Waals surface area contributed by atoms with Crippen molar-refractivity contribution < 1.29 is 0 Å². The first-order valence-electron chi connectivity index (χ1n) is 9.15. The molecule has 1 aliphatic heterocycles. The van der Waals surface area contributed by atoms with E-state index in [-0.39, 0.29) is 0 Å². The molecule has 1 aromatic heterocycles. The Morgan fingerprint density at radius 2 is 1.74 bits per heavy atom. The van der Waals surface area contributed by atoms with Gasteiger partial charge in [-0.2, -0.15) is 4.98 Å². The SMILES string of the molecule is Cc1cc(N(C)CCN(C)C2CCCC2)nc(N2CCCC2)n1. The summed E-state index contributed by atoms with van der Waals surface area (Å²) >= 11 is 0. The van der Waals surface area contributed by atoms with E-state index in [0.29, 0.717) is 0 Å². The molecular weight excluding hydrogens is 286 g/mol. The van der Waals surface area contributed by atoms with Crippen LogP contribution >= 0.6 is 0 Å². The Morgan fingerprint density at radius 1 is 1.04 bits per heavy atom. The number of hydrogen-bond donors (Lipinski definition) is 0. The van der Waals surface area contributed by atoms with Crippen LogP contribution in [0.4, 0.5) is 11.8 Å². The average Bonchev–Trinajstić information content (AvgIpc) is 3.24. The Morgan fingerprint density at radius 3 is 2.43 bits per heavy atom. The second-order valence-corrected chi connectivity index (χ2v) is 7.20. The van der Waals surface area contributed by atoms with Crippen molar-refractivity contribution in [1.29, 1.82) is 0 Å². The summed E-state index contributed by atoms with van der Waals surface area (Å²) in [5.74, 6) is 1.97. The lowest BCUT2D eigenvalue weighted by molar-refractivity contribution is 0.251. The molecule has 3 rings (SSSR count). The first-order valence-corrected chi connectivity index (χ1v) is 9.15. The van der Waals surface area contributed by atoms with Crippen LogP contribution in [0.3, 0.4) is 0 Å². The van der Waals surface area contributed by atoms with E-state index in [1.807, 2.05) is 0 Å². The van der Waals surface area contributed by atoms with Gasteiger partial charge < -0.3 is 14.7 Å². The van der Waals surface area contributed by atoms with Crippen LogP contribution in [0, 0.1) is 6.92 Å². The predicted octanol–water partition coefficient (Wildman–Crippen LogP) is 2.70. The van der Waals surface area contributed by atoms with Crippen molar-refractivity contribution in [2.24, 2.45) is 0 Å². The molecular formula is C18H31N5. The van der Waals surface area contributed by atoms with Gasteiger partial charge >= 0.3 is 0 Å². The number of nitrogens with zero attached hydrogens (tertiary/aromatic N) is 5. The molecule has 2 heterocycles. The summed E-state index contributed by atoms with van der Waals surface area (Å²) in [5, 5.41) is 0. The minimum atomic E-state index is 0.788. The maximum atomic E-state index is 4.81. The lowest BCUT2D eigenvalue weighted by atomic mass is 10.2. The molecule has 0 unspecified atom stereocenters. The van der Waals surface area contributed by atoms with Gasteiger partial charge in [-0.25, -0.2) is 4.98 Å². The maximum Gasteiger partial charge on any atom is 0.227 e. The van der Waals surface area contributed by atoms with Crippen molar-refractivity contribution in [3.63, 3.8) is 0 Å². The largest absolute Gasteiger partial charge is 0.358 e. The normalized spacial score (nSPS) is 19.0. The third-order valence-corrected chi connectivity index (χ3v) is 5.35. The molecule has 0 aromatic carbocycles. The van der Waals surface area contributed by atoms with Crippen molar-refractivity contribution in [3.05, 3.63) is 11.8 Å². The van der Waals surface area contributed by atoms with Gasteiger partial charge in [-0.05, 0) is 39.7 Å². The highest BCUT2D eigenvalue weighted by atomic mass is 15.3. The lowest BCUT2D eigenvalue weighted by Gasteiger charge is -2.27. The van der Waals surface area contributed by atoms with Crippen LogP contribution in [-0.2, 0) is 0 Å². The summed E-state index contributed by atoms with van der Waals surface area (Å²) < 4.78 is 0. The third kappa shape index (κ3) is 4.14. The monoisotopic (exact) mass is 317 g/mol. The Bertz CT molecular complexity index is 506. The van der Waals surface area contributed by atoms with Crippen LogP contribution in [0.15, 0.2) is 6.07 Å². The van der Waals surface area contributed by atoms with Crippen molar-refractivity contribution in [2.45, 2.75) is 51.5 Å². The Hall–Kier alpha value is -1.36. The molecule has 0 N–H and O–H groups in total. The topological polar surface area (TPSA) is 35.5 Å². The molecule has 0 spiro atoms. The fraction of sp³-hybridized carbons (Fsp3) is 0.778. The predicted molar refractivity (Wildman–Crippen MR) is 96.4 cm³/mol. The zero-order valence-corrected chi connectivity index (χ0v) is 15.0. The Balaban J connectivity index is 1.60. The van der Waals surface area contributed by atoms with Gasteiger partial charge in [-0.1, -0.05) is 12.8 Å². The minimum Gasteiger partial charge on any atom is -0.358 e. The molecule has 128 valence electrons. The lowest BCUT2D eigenvalue weighted by Crippen LogP contribution is -2.36. The smallest absolute Gasteiger partial charge is 0.227 e. The number of rotatable bonds is 6. The van der Waals surface area contributed by atoms with E-state index in [0.717, 1.165) is 49.7 Å². The Kier molecular flexibility index (Phi) is 5.36. The maximum absolute atomic E-state index is 4.81. The van der Waals surface area contributed by atoms with Crippen LogP contribution in [0.1, 0.15) is 44.2 Å². The molecule has 0 bridgehead atoms. The summed E-state index contributed by atoms with van der Waals surface area (Å²) in [5.41, 5.74) is 1.06. The molecule has 2 aliphatic rings. The van der Waals surface area contributed by atoms with E-state index in [4.69, 9.17) is 4.98 Å². The average molecular weight is 317 g/mol. The van der Waals surface area contributed by atoms with Gasteiger partial charge in [0.15, 0.2) is 0 Å². The van der Waals surface area contributed by atoms with Crippen LogP contribution < -0.4 is 9.80 Å². The van der Waals surface area contributed by atoms with Crippen LogP contribution in [0.25, 0.3) is 0 Å². The van der Waals surface area contributed by atoms with E-state index in [1.54, 1.807) is 0 Å². The van der Waals surface area contributed by atoms with Crippen molar-refractivity contribution >= 4 is 11.8 Å². The quantitative estimate of drug-likeness (QED) is 0.806. The minimum absolute atomic E-state index is 0.788. The molecule has 23 heavy (non-hydrogen) atoms. The first kappa shape index (κ1) is 16.5. The second kappa shape index (κ2) is 7.47. The van der Waals surface area contributed by atoms with Gasteiger partial charge in [0.2, 0.25) is 5.95 Å². The molecule has 1 saturated carbocycles. The molecule has 1 saturated heterocycles. The fourth-order valence-corrected chi connectivity index (χ4v) is 3.74. The Labute approximate surface area is 140 Å². The zero-order chi connectivity index (χ0) is 16.2. The summed E-state index contributed by atoms with van der Waals surface area (Å²) in [6.45, 7) is 6.38. The van der Waals surface area contributed by atoms with Gasteiger partial charge in [0.1, 0.15) is 5.82 Å². The summed E-state index contributed by atoms with van der Waals surface area (Å²) in [6, 6.07) is 2.89. The molecule has 5 nitrogen and oxygen atoms in total. The number of likely N-dealkylation sites (N-methyl/N-ethyl adjacent to an activating group) is 2. The highest BCUT2D eigenvalue weighted by Gasteiger charge is 2.20. The van der Waals surface area contributed by atoms with Gasteiger partial charge in [0.25, 0.3) is 0 Å². The molecule has 0 radical (unpaired) electrons. The molecule has 0 amide bonds. The number of aromatic nitrogens is 2. The van der Waals surface area contributed by atoms with E-state index in [9.17, 15) is 0 Å². The summed E-state index contributed by atoms with van der Waals surface area (Å²) in [6.07, 6.45) is 8.05. The van der Waals surface area contributed by atoms with E-state index in [2.05, 4.69) is 46.8 Å². The molecule has 1 aliphatic carbocycles. The highest BCUT2D eigenvalue weighted by Crippen LogP contribution is 2.23. The fourth-order valence-electron chi connectivity index (χ4n) is 3.74. The molecule has 0 atom stereocenters. The number of anilines is 2. The second-order valence-electron chi connectivity index (χ2n) is 7.20. The number of hydrogen-bond acceptors (Lipinski definition) is 5. The summed E-state index contributed by atoms with van der Waals surface area (Å²) in [7, 11) is 4.42. The van der Waals surface area contributed by atoms with Crippen LogP contribution in [0.5, 0.6) is 0 Å². The molecule has 1 aromatic rings. The van der Waals surface area contributed by atoms with Gasteiger partial charge in [-0.15, -0.1) is 0 Å². The van der Waals surface area contributed by atoms with Gasteiger partial charge in [-0.3, -0.25) is 0 Å². The van der Waals surface area contributed by atoms with Crippen molar-refractivity contribution in [2.75, 3.05) is 50.1 Å². The van der Waals surface area contributed by atoms with Gasteiger partial charge in [0, 0.05) is 51.0 Å². The van der Waals surface area contributed by atoms with Crippen molar-refractivity contribution in [3.8, 4) is 0 Å². The van der Waals surface area contributed by atoms with Crippen LogP contribution in [0.2, 0.25) is 0 Å². The first-order chi connectivity index (χ1) is 11.1. The van der Waals surface area contributed by atoms with Crippen molar-refractivity contribution in [1.82, 2.24) is 14.9 Å². The standard InChI is InChI=1S/C18H31N5/c1-15-14-17(20-18(19-15)23-10-6-7-11-23)22(3)13-12-21(2)16-8-4-5-9-16/h14,16H,4-13H2,1-3H3. The number of aryl methyl sites for hydroxylation is 1. The van der Waals surface area contributed by atoms with E-state index < -0.39 is 0 Å². The van der Waals surface area contributed by atoms with E-state index in [1.165, 1.54) is 38.5 Å². The third-order valence-electron chi connectivity index (χ3n) is 5.35. The zero-order valence-electron chi connectivity index (χ0n) is 15.0. The highest BCUT2D eigenvalue weighted by molar-refractivity contribution is 5.45. The van der Waals surface area contributed by atoms with Gasteiger partial charge in [0.05, 0.1) is 0 Å². The van der Waals surface area contributed by atoms with E-state index >= 15 is 0 Å². The summed E-state index contributed by atoms with van der Waals surface area (Å²) in [4.78, 5) is 16.6. The molecule has 5 heteroatoms. The molecule has 2 fully saturated rings.